The fourth-order valence-electron chi connectivity index (χ4n) is 2.71. The summed E-state index contributed by atoms with van der Waals surface area (Å²) < 4.78 is 0. The highest BCUT2D eigenvalue weighted by atomic mass is 16.2. The Kier molecular flexibility index (Phi) is 4.63. The predicted molar refractivity (Wildman–Crippen MR) is 72.9 cm³/mol. The Morgan fingerprint density at radius 3 is 2.63 bits per heavy atom. The molecule has 0 atom stereocenters. The van der Waals surface area contributed by atoms with E-state index in [1.807, 2.05) is 4.90 Å². The number of likely N-dealkylation sites (N-methyl/N-ethyl adjacent to an activating group) is 1. The molecule has 19 heavy (non-hydrogen) atoms. The summed E-state index contributed by atoms with van der Waals surface area (Å²) in [6.07, 6.45) is 2.98. The van der Waals surface area contributed by atoms with Crippen LogP contribution in [0.25, 0.3) is 0 Å². The normalized spacial score (nSPS) is 21.7. The molecule has 0 aromatic heterocycles. The van der Waals surface area contributed by atoms with Crippen molar-refractivity contribution in [1.82, 2.24) is 20.0 Å². The SMILES string of the molecule is CN(C)C(=O)CN1CCCN(C2CCNCC2)C1=O. The Bertz CT molecular complexity index is 340. The van der Waals surface area contributed by atoms with E-state index >= 15 is 0 Å². The lowest BCUT2D eigenvalue weighted by molar-refractivity contribution is -0.129. The van der Waals surface area contributed by atoms with Gasteiger partial charge in [-0.3, -0.25) is 4.79 Å². The van der Waals surface area contributed by atoms with Crippen LogP contribution in [-0.4, -0.2) is 79.5 Å². The topological polar surface area (TPSA) is 55.9 Å². The van der Waals surface area contributed by atoms with Crippen LogP contribution in [0.3, 0.4) is 0 Å². The summed E-state index contributed by atoms with van der Waals surface area (Å²) >= 11 is 0. The van der Waals surface area contributed by atoms with Crippen LogP contribution in [0.4, 0.5) is 4.79 Å². The van der Waals surface area contributed by atoms with E-state index in [0.717, 1.165) is 38.9 Å². The molecule has 0 saturated carbocycles. The summed E-state index contributed by atoms with van der Waals surface area (Å²) in [4.78, 5) is 29.4. The first kappa shape index (κ1) is 14.1. The van der Waals surface area contributed by atoms with E-state index in [4.69, 9.17) is 0 Å². The van der Waals surface area contributed by atoms with Crippen molar-refractivity contribution in [2.75, 3.05) is 46.8 Å². The fourth-order valence-corrected chi connectivity index (χ4v) is 2.71. The van der Waals surface area contributed by atoms with Crippen LogP contribution in [0.2, 0.25) is 0 Å². The van der Waals surface area contributed by atoms with Crippen LogP contribution < -0.4 is 5.32 Å². The number of carbonyl (C=O) groups is 2. The summed E-state index contributed by atoms with van der Waals surface area (Å²) in [5.41, 5.74) is 0. The Hall–Kier alpha value is -1.30. The second-order valence-corrected chi connectivity index (χ2v) is 5.52. The lowest BCUT2D eigenvalue weighted by Gasteiger charge is -2.41. The minimum absolute atomic E-state index is 0.0134. The first-order valence-corrected chi connectivity index (χ1v) is 7.06. The van der Waals surface area contributed by atoms with E-state index in [-0.39, 0.29) is 18.5 Å². The van der Waals surface area contributed by atoms with Gasteiger partial charge in [0, 0.05) is 33.2 Å². The molecule has 2 heterocycles. The smallest absolute Gasteiger partial charge is 0.320 e. The zero-order chi connectivity index (χ0) is 13.8. The lowest BCUT2D eigenvalue weighted by atomic mass is 10.0. The molecule has 3 amide bonds. The quantitative estimate of drug-likeness (QED) is 0.781. The summed E-state index contributed by atoms with van der Waals surface area (Å²) in [6, 6.07) is 0.374. The summed E-state index contributed by atoms with van der Waals surface area (Å²) in [5, 5.41) is 3.31. The summed E-state index contributed by atoms with van der Waals surface area (Å²) in [5.74, 6) is -0.0134. The van der Waals surface area contributed by atoms with E-state index in [0.29, 0.717) is 12.6 Å². The van der Waals surface area contributed by atoms with Gasteiger partial charge in [-0.1, -0.05) is 0 Å². The molecule has 108 valence electrons. The third-order valence-electron chi connectivity index (χ3n) is 3.92. The Balaban J connectivity index is 1.95. The largest absolute Gasteiger partial charge is 0.347 e. The molecule has 0 bridgehead atoms. The summed E-state index contributed by atoms with van der Waals surface area (Å²) in [7, 11) is 3.45. The second-order valence-electron chi connectivity index (χ2n) is 5.52. The van der Waals surface area contributed by atoms with Crippen molar-refractivity contribution < 1.29 is 9.59 Å². The summed E-state index contributed by atoms with van der Waals surface area (Å²) in [6.45, 7) is 3.68. The van der Waals surface area contributed by atoms with E-state index in [1.54, 1.807) is 19.0 Å². The van der Waals surface area contributed by atoms with Crippen molar-refractivity contribution in [3.63, 3.8) is 0 Å². The fraction of sp³-hybridized carbons (Fsp3) is 0.846. The van der Waals surface area contributed by atoms with Gasteiger partial charge in [-0.25, -0.2) is 4.79 Å². The molecule has 6 heteroatoms. The van der Waals surface area contributed by atoms with Crippen molar-refractivity contribution in [3.8, 4) is 0 Å². The van der Waals surface area contributed by atoms with Gasteiger partial charge >= 0.3 is 6.03 Å². The Labute approximate surface area is 114 Å². The average molecular weight is 268 g/mol. The predicted octanol–water partition coefficient (Wildman–Crippen LogP) is -0.0457. The minimum Gasteiger partial charge on any atom is -0.347 e. The lowest BCUT2D eigenvalue weighted by Crippen LogP contribution is -2.56. The first-order valence-electron chi connectivity index (χ1n) is 7.06. The number of nitrogens with one attached hydrogen (secondary N) is 1. The van der Waals surface area contributed by atoms with Crippen molar-refractivity contribution in [1.29, 1.82) is 0 Å². The van der Waals surface area contributed by atoms with E-state index in [9.17, 15) is 9.59 Å². The number of nitrogens with zero attached hydrogens (tertiary/aromatic N) is 3. The molecule has 0 aromatic rings. The van der Waals surface area contributed by atoms with Gasteiger partial charge < -0.3 is 20.0 Å². The van der Waals surface area contributed by atoms with E-state index in [2.05, 4.69) is 5.32 Å². The number of amides is 3. The Morgan fingerprint density at radius 1 is 1.32 bits per heavy atom. The molecule has 0 aromatic carbocycles. The monoisotopic (exact) mass is 268 g/mol. The molecule has 0 unspecified atom stereocenters. The third kappa shape index (κ3) is 3.37. The molecular weight excluding hydrogens is 244 g/mol. The molecule has 0 spiro atoms. The highest BCUT2D eigenvalue weighted by molar-refractivity contribution is 5.84. The second kappa shape index (κ2) is 6.23. The van der Waals surface area contributed by atoms with Gasteiger partial charge in [0.15, 0.2) is 0 Å². The number of hydrogen-bond donors (Lipinski definition) is 1. The zero-order valence-electron chi connectivity index (χ0n) is 11.9. The first-order chi connectivity index (χ1) is 9.09. The standard InChI is InChI=1S/C13H24N4O2/c1-15(2)12(18)10-16-8-3-9-17(13(16)19)11-4-6-14-7-5-11/h11,14H,3-10H2,1-2H3. The van der Waals surface area contributed by atoms with Crippen LogP contribution in [-0.2, 0) is 4.79 Å². The number of carbonyl (C=O) groups excluding carboxylic acids is 2. The molecule has 2 rings (SSSR count). The highest BCUT2D eigenvalue weighted by Gasteiger charge is 2.32. The average Bonchev–Trinajstić information content (AvgIpc) is 2.42. The van der Waals surface area contributed by atoms with Gasteiger partial charge in [-0.05, 0) is 32.4 Å². The Morgan fingerprint density at radius 2 is 2.00 bits per heavy atom. The van der Waals surface area contributed by atoms with Crippen molar-refractivity contribution in [3.05, 3.63) is 0 Å². The van der Waals surface area contributed by atoms with Gasteiger partial charge in [0.2, 0.25) is 5.91 Å². The van der Waals surface area contributed by atoms with Crippen molar-refractivity contribution in [2.24, 2.45) is 0 Å². The van der Waals surface area contributed by atoms with Crippen LogP contribution in [0.1, 0.15) is 19.3 Å². The highest BCUT2D eigenvalue weighted by Crippen LogP contribution is 2.18. The molecule has 0 aliphatic carbocycles. The molecule has 2 aliphatic heterocycles. The van der Waals surface area contributed by atoms with Gasteiger partial charge in [-0.15, -0.1) is 0 Å². The zero-order valence-corrected chi connectivity index (χ0v) is 11.9. The number of rotatable bonds is 3. The van der Waals surface area contributed by atoms with Gasteiger partial charge in [0.1, 0.15) is 6.54 Å². The van der Waals surface area contributed by atoms with Gasteiger partial charge in [0.05, 0.1) is 0 Å². The maximum Gasteiger partial charge on any atom is 0.320 e. The number of hydrogen-bond acceptors (Lipinski definition) is 3. The van der Waals surface area contributed by atoms with Crippen LogP contribution in [0.5, 0.6) is 0 Å². The maximum absolute atomic E-state index is 12.4. The van der Waals surface area contributed by atoms with E-state index in [1.165, 1.54) is 4.90 Å². The third-order valence-corrected chi connectivity index (χ3v) is 3.92. The molecule has 2 fully saturated rings. The molecular formula is C13H24N4O2. The van der Waals surface area contributed by atoms with Crippen LogP contribution in [0.15, 0.2) is 0 Å². The van der Waals surface area contributed by atoms with Gasteiger partial charge in [-0.2, -0.15) is 0 Å². The molecule has 1 N–H and O–H groups in total. The molecule has 2 saturated heterocycles. The molecule has 0 radical (unpaired) electrons. The van der Waals surface area contributed by atoms with Crippen molar-refractivity contribution in [2.45, 2.75) is 25.3 Å². The molecule has 6 nitrogen and oxygen atoms in total. The number of urea groups is 1. The molecule has 2 aliphatic rings. The maximum atomic E-state index is 12.4. The van der Waals surface area contributed by atoms with Crippen molar-refractivity contribution >= 4 is 11.9 Å². The minimum atomic E-state index is -0.0134. The number of piperidine rings is 1. The van der Waals surface area contributed by atoms with E-state index < -0.39 is 0 Å². The van der Waals surface area contributed by atoms with Crippen LogP contribution in [0, 0.1) is 0 Å². The van der Waals surface area contributed by atoms with Gasteiger partial charge in [0.25, 0.3) is 0 Å². The van der Waals surface area contributed by atoms with Crippen LogP contribution >= 0.6 is 0 Å².